The Morgan fingerprint density at radius 2 is 1.88 bits per heavy atom. The topological polar surface area (TPSA) is 39.7 Å². The lowest BCUT2D eigenvalue weighted by Gasteiger charge is -2.30. The Hall–Kier alpha value is -0.820. The molecule has 0 amide bonds. The molecule has 1 saturated heterocycles. The second kappa shape index (κ2) is 10.4. The third-order valence-electron chi connectivity index (χ3n) is 4.85. The van der Waals surface area contributed by atoms with Crippen LogP contribution in [0, 0.1) is 5.92 Å². The molecule has 1 aromatic carbocycles. The highest BCUT2D eigenvalue weighted by molar-refractivity contribution is 14.0. The van der Waals surface area contributed by atoms with Gasteiger partial charge in [-0.15, -0.1) is 24.0 Å². The summed E-state index contributed by atoms with van der Waals surface area (Å²) in [7, 11) is 0. The molecule has 2 N–H and O–H groups in total. The van der Waals surface area contributed by atoms with Crippen molar-refractivity contribution in [2.75, 3.05) is 19.6 Å². The average molecular weight is 456 g/mol. The van der Waals surface area contributed by atoms with E-state index < -0.39 is 0 Å². The van der Waals surface area contributed by atoms with Gasteiger partial charge in [0.1, 0.15) is 0 Å². The smallest absolute Gasteiger partial charge is 0.191 e. The molecule has 0 aromatic heterocycles. The summed E-state index contributed by atoms with van der Waals surface area (Å²) in [6, 6.07) is 9.63. The Balaban J connectivity index is 0.00000225. The van der Waals surface area contributed by atoms with Crippen LogP contribution in [0.4, 0.5) is 0 Å². The molecule has 5 heteroatoms. The molecule has 1 unspecified atom stereocenters. The molecule has 25 heavy (non-hydrogen) atoms. The molecule has 0 radical (unpaired) electrons. The number of hydrogen-bond acceptors (Lipinski definition) is 2. The van der Waals surface area contributed by atoms with Crippen LogP contribution >= 0.6 is 24.0 Å². The highest BCUT2D eigenvalue weighted by Crippen LogP contribution is 2.19. The van der Waals surface area contributed by atoms with Gasteiger partial charge in [-0.3, -0.25) is 4.90 Å². The summed E-state index contributed by atoms with van der Waals surface area (Å²) in [5.41, 5.74) is 2.69. The first-order valence-corrected chi connectivity index (χ1v) is 9.58. The van der Waals surface area contributed by atoms with E-state index in [0.717, 1.165) is 31.5 Å². The molecule has 1 aromatic rings. The van der Waals surface area contributed by atoms with Gasteiger partial charge in [-0.1, -0.05) is 31.2 Å². The van der Waals surface area contributed by atoms with Crippen LogP contribution in [0.2, 0.25) is 0 Å². The molecule has 1 saturated carbocycles. The van der Waals surface area contributed by atoms with Crippen LogP contribution in [-0.4, -0.2) is 36.5 Å². The van der Waals surface area contributed by atoms with E-state index in [0.29, 0.717) is 6.04 Å². The molecule has 1 heterocycles. The van der Waals surface area contributed by atoms with Crippen LogP contribution in [0.15, 0.2) is 29.3 Å². The number of nitrogens with one attached hydrogen (secondary N) is 2. The third kappa shape index (κ3) is 7.13. The van der Waals surface area contributed by atoms with Crippen molar-refractivity contribution in [3.8, 4) is 0 Å². The maximum Gasteiger partial charge on any atom is 0.191 e. The van der Waals surface area contributed by atoms with E-state index in [-0.39, 0.29) is 24.0 Å². The first kappa shape index (κ1) is 20.5. The minimum Gasteiger partial charge on any atom is -0.357 e. The van der Waals surface area contributed by atoms with Crippen molar-refractivity contribution in [3.63, 3.8) is 0 Å². The molecule has 1 atom stereocenters. The Labute approximate surface area is 169 Å². The first-order valence-electron chi connectivity index (χ1n) is 9.58. The fourth-order valence-electron chi connectivity index (χ4n) is 3.35. The van der Waals surface area contributed by atoms with E-state index in [4.69, 9.17) is 4.99 Å². The van der Waals surface area contributed by atoms with Gasteiger partial charge in [0.25, 0.3) is 0 Å². The molecule has 3 rings (SSSR count). The molecule has 2 aliphatic rings. The molecular formula is C20H33IN4. The first-order chi connectivity index (χ1) is 11.7. The summed E-state index contributed by atoms with van der Waals surface area (Å²) in [6.45, 7) is 9.69. The van der Waals surface area contributed by atoms with Crippen molar-refractivity contribution < 1.29 is 0 Å². The number of benzene rings is 1. The highest BCUT2D eigenvalue weighted by Gasteiger charge is 2.22. The van der Waals surface area contributed by atoms with Gasteiger partial charge in [-0.2, -0.15) is 0 Å². The summed E-state index contributed by atoms with van der Waals surface area (Å²) >= 11 is 0. The van der Waals surface area contributed by atoms with Crippen molar-refractivity contribution in [1.29, 1.82) is 0 Å². The van der Waals surface area contributed by atoms with Crippen molar-refractivity contribution in [2.45, 2.75) is 58.7 Å². The number of likely N-dealkylation sites (tertiary alicyclic amines) is 1. The lowest BCUT2D eigenvalue weighted by molar-refractivity contribution is 0.176. The zero-order chi connectivity index (χ0) is 16.8. The number of aliphatic imine (C=N–C) groups is 1. The Kier molecular flexibility index (Phi) is 8.49. The predicted molar refractivity (Wildman–Crippen MR) is 117 cm³/mol. The summed E-state index contributed by atoms with van der Waals surface area (Å²) < 4.78 is 0. The lowest BCUT2D eigenvalue weighted by atomic mass is 9.99. The van der Waals surface area contributed by atoms with E-state index in [2.05, 4.69) is 53.6 Å². The van der Waals surface area contributed by atoms with Crippen LogP contribution in [0.3, 0.4) is 0 Å². The number of guanidine groups is 1. The van der Waals surface area contributed by atoms with Crippen molar-refractivity contribution in [1.82, 2.24) is 15.5 Å². The van der Waals surface area contributed by atoms with Crippen LogP contribution < -0.4 is 10.6 Å². The molecule has 4 nitrogen and oxygen atoms in total. The van der Waals surface area contributed by atoms with Gasteiger partial charge >= 0.3 is 0 Å². The van der Waals surface area contributed by atoms with Gasteiger partial charge in [0.15, 0.2) is 5.96 Å². The summed E-state index contributed by atoms with van der Waals surface area (Å²) in [5, 5.41) is 6.79. The largest absolute Gasteiger partial charge is 0.357 e. The number of halogens is 1. The van der Waals surface area contributed by atoms with Crippen LogP contribution in [0.25, 0.3) is 0 Å². The minimum absolute atomic E-state index is 0. The third-order valence-corrected chi connectivity index (χ3v) is 4.85. The predicted octanol–water partition coefficient (Wildman–Crippen LogP) is 3.75. The van der Waals surface area contributed by atoms with Gasteiger partial charge in [-0.25, -0.2) is 4.99 Å². The van der Waals surface area contributed by atoms with Crippen LogP contribution in [-0.2, 0) is 13.1 Å². The van der Waals surface area contributed by atoms with Gasteiger partial charge < -0.3 is 10.6 Å². The maximum absolute atomic E-state index is 4.70. The zero-order valence-electron chi connectivity index (χ0n) is 15.6. The van der Waals surface area contributed by atoms with Crippen molar-refractivity contribution >= 4 is 29.9 Å². The number of hydrogen-bond donors (Lipinski definition) is 2. The number of rotatable bonds is 6. The molecule has 140 valence electrons. The van der Waals surface area contributed by atoms with Gasteiger partial charge in [0, 0.05) is 25.7 Å². The Morgan fingerprint density at radius 3 is 2.52 bits per heavy atom. The van der Waals surface area contributed by atoms with E-state index >= 15 is 0 Å². The zero-order valence-corrected chi connectivity index (χ0v) is 18.0. The second-order valence-corrected chi connectivity index (χ2v) is 7.41. The fourth-order valence-corrected chi connectivity index (χ4v) is 3.35. The van der Waals surface area contributed by atoms with Crippen LogP contribution in [0.5, 0.6) is 0 Å². The molecule has 0 spiro atoms. The quantitative estimate of drug-likeness (QED) is 0.389. The average Bonchev–Trinajstić information content (AvgIpc) is 3.38. The number of piperidine rings is 1. The fraction of sp³-hybridized carbons (Fsp3) is 0.650. The summed E-state index contributed by atoms with van der Waals surface area (Å²) in [5.74, 6) is 1.79. The van der Waals surface area contributed by atoms with E-state index in [1.807, 2.05) is 0 Å². The molecule has 2 fully saturated rings. The van der Waals surface area contributed by atoms with E-state index in [1.165, 1.54) is 49.9 Å². The lowest BCUT2D eigenvalue weighted by Crippen LogP contribution is -2.38. The number of nitrogens with zero attached hydrogens (tertiary/aromatic N) is 2. The van der Waals surface area contributed by atoms with Crippen molar-refractivity contribution in [2.24, 2.45) is 10.9 Å². The summed E-state index contributed by atoms with van der Waals surface area (Å²) in [6.07, 6.45) is 5.27. The molecule has 0 bridgehead atoms. The maximum atomic E-state index is 4.70. The Bertz CT molecular complexity index is 539. The standard InChI is InChI=1S/C20H32N4.HI/c1-3-21-20(23-19-10-11-19)22-13-17-6-8-18(9-7-17)15-24-12-4-5-16(2)14-24;/h6-9,16,19H,3-5,10-15H2,1-2H3,(H2,21,22,23);1H. The summed E-state index contributed by atoms with van der Waals surface area (Å²) in [4.78, 5) is 7.29. The van der Waals surface area contributed by atoms with Crippen LogP contribution in [0.1, 0.15) is 50.7 Å². The Morgan fingerprint density at radius 1 is 1.16 bits per heavy atom. The monoisotopic (exact) mass is 456 g/mol. The van der Waals surface area contributed by atoms with Gasteiger partial charge in [-0.05, 0) is 56.2 Å². The normalized spacial score (nSPS) is 21.5. The minimum atomic E-state index is 0. The highest BCUT2D eigenvalue weighted by atomic mass is 127. The van der Waals surface area contributed by atoms with Crippen molar-refractivity contribution in [3.05, 3.63) is 35.4 Å². The van der Waals surface area contributed by atoms with E-state index in [9.17, 15) is 0 Å². The SMILES string of the molecule is CCNC(=NCc1ccc(CN2CCCC(C)C2)cc1)NC1CC1.I. The van der Waals surface area contributed by atoms with Gasteiger partial charge in [0.2, 0.25) is 0 Å². The molecular weight excluding hydrogens is 423 g/mol. The van der Waals surface area contributed by atoms with E-state index in [1.54, 1.807) is 0 Å². The molecule has 1 aliphatic carbocycles. The van der Waals surface area contributed by atoms with Gasteiger partial charge in [0.05, 0.1) is 6.54 Å². The molecule has 1 aliphatic heterocycles. The second-order valence-electron chi connectivity index (χ2n) is 7.41.